The molecule has 0 bridgehead atoms. The monoisotopic (exact) mass is 209 g/mol. The van der Waals surface area contributed by atoms with Crippen molar-refractivity contribution in [2.75, 3.05) is 0 Å². The van der Waals surface area contributed by atoms with Crippen LogP contribution >= 0.6 is 0 Å². The first kappa shape index (κ1) is 11.5. The summed E-state index contributed by atoms with van der Waals surface area (Å²) >= 11 is 0. The fourth-order valence-corrected chi connectivity index (χ4v) is 0.958. The molecule has 0 spiro atoms. The second kappa shape index (κ2) is 3.90. The van der Waals surface area contributed by atoms with Gasteiger partial charge >= 0.3 is 0 Å². The van der Waals surface area contributed by atoms with E-state index >= 15 is 0 Å². The summed E-state index contributed by atoms with van der Waals surface area (Å²) in [4.78, 5) is 10.9. The number of ketones is 1. The molecule has 1 aliphatic carbocycles. The highest BCUT2D eigenvalue weighted by atomic mass is 16.5. The maximum Gasteiger partial charge on any atom is 0.182 e. The van der Waals surface area contributed by atoms with Gasteiger partial charge in [-0.3, -0.25) is 15.1 Å². The van der Waals surface area contributed by atoms with E-state index in [9.17, 15) is 15.1 Å². The Balaban J connectivity index is 2.91. The van der Waals surface area contributed by atoms with Gasteiger partial charge in [0.05, 0.1) is 5.54 Å². The zero-order valence-electron chi connectivity index (χ0n) is 9.06. The van der Waals surface area contributed by atoms with Gasteiger partial charge < -0.3 is 5.11 Å². The second-order valence-corrected chi connectivity index (χ2v) is 4.37. The van der Waals surface area contributed by atoms with Crippen LogP contribution in [0.25, 0.3) is 0 Å². The number of aliphatic hydroxyl groups is 1. The average Bonchev–Trinajstić information content (AvgIpc) is 2.08. The van der Waals surface area contributed by atoms with E-state index in [1.807, 2.05) is 20.8 Å². The van der Waals surface area contributed by atoms with Crippen molar-refractivity contribution in [2.24, 2.45) is 0 Å². The Morgan fingerprint density at radius 3 is 2.40 bits per heavy atom. The van der Waals surface area contributed by atoms with Crippen molar-refractivity contribution in [1.82, 2.24) is 5.06 Å². The third-order valence-electron chi connectivity index (χ3n) is 1.95. The zero-order valence-corrected chi connectivity index (χ0v) is 9.06. The molecule has 0 saturated carbocycles. The van der Waals surface area contributed by atoms with Gasteiger partial charge in [0.1, 0.15) is 5.76 Å². The topological polar surface area (TPSA) is 60.8 Å². The molecule has 0 unspecified atom stereocenters. The molecular formula is C11H15NO3. The van der Waals surface area contributed by atoms with Crippen molar-refractivity contribution in [1.29, 1.82) is 0 Å². The Morgan fingerprint density at radius 2 is 1.93 bits per heavy atom. The SMILES string of the molecule is CC(C)(C)N(O)/C=C1\C=CC(=O)C=C1O. The fraction of sp³-hybridized carbons (Fsp3) is 0.364. The van der Waals surface area contributed by atoms with Crippen molar-refractivity contribution < 1.29 is 15.1 Å². The van der Waals surface area contributed by atoms with Gasteiger partial charge in [-0.2, -0.15) is 0 Å². The Hall–Kier alpha value is -1.55. The maximum atomic E-state index is 10.9. The van der Waals surface area contributed by atoms with Crippen LogP contribution in [0.15, 0.2) is 35.8 Å². The largest absolute Gasteiger partial charge is 0.507 e. The molecular weight excluding hydrogens is 194 g/mol. The maximum absolute atomic E-state index is 10.9. The van der Waals surface area contributed by atoms with Crippen molar-refractivity contribution in [3.63, 3.8) is 0 Å². The normalized spacial score (nSPS) is 19.3. The Labute approximate surface area is 88.8 Å². The molecule has 0 radical (unpaired) electrons. The van der Waals surface area contributed by atoms with Crippen LogP contribution in [0.2, 0.25) is 0 Å². The van der Waals surface area contributed by atoms with E-state index in [0.29, 0.717) is 5.57 Å². The van der Waals surface area contributed by atoms with Crippen LogP contribution < -0.4 is 0 Å². The molecule has 1 rings (SSSR count). The van der Waals surface area contributed by atoms with E-state index in [1.165, 1.54) is 18.4 Å². The minimum atomic E-state index is -0.456. The van der Waals surface area contributed by atoms with E-state index in [-0.39, 0.29) is 11.5 Å². The molecule has 2 N–H and O–H groups in total. The van der Waals surface area contributed by atoms with Crippen molar-refractivity contribution in [3.8, 4) is 0 Å². The van der Waals surface area contributed by atoms with E-state index in [4.69, 9.17) is 0 Å². The number of hydroxylamine groups is 2. The fourth-order valence-electron chi connectivity index (χ4n) is 0.958. The number of rotatable bonds is 1. The van der Waals surface area contributed by atoms with Crippen LogP contribution in [0.4, 0.5) is 0 Å². The molecule has 0 aromatic rings. The Kier molecular flexibility index (Phi) is 3.00. The average molecular weight is 209 g/mol. The smallest absolute Gasteiger partial charge is 0.182 e. The van der Waals surface area contributed by atoms with Gasteiger partial charge in [0.2, 0.25) is 0 Å². The van der Waals surface area contributed by atoms with Crippen molar-refractivity contribution >= 4 is 5.78 Å². The van der Waals surface area contributed by atoms with E-state index in [0.717, 1.165) is 11.1 Å². The summed E-state index contributed by atoms with van der Waals surface area (Å²) < 4.78 is 0. The van der Waals surface area contributed by atoms with Gasteiger partial charge in [0.15, 0.2) is 5.78 Å². The summed E-state index contributed by atoms with van der Waals surface area (Å²) in [6.07, 6.45) is 5.30. The summed E-state index contributed by atoms with van der Waals surface area (Å²) in [5.74, 6) is -0.393. The molecule has 0 aromatic carbocycles. The lowest BCUT2D eigenvalue weighted by molar-refractivity contribution is -0.111. The van der Waals surface area contributed by atoms with Crippen LogP contribution in [0.3, 0.4) is 0 Å². The molecule has 0 fully saturated rings. The highest BCUT2D eigenvalue weighted by Gasteiger charge is 2.18. The number of hydrogen-bond donors (Lipinski definition) is 2. The quantitative estimate of drug-likeness (QED) is 0.648. The third kappa shape index (κ3) is 2.95. The zero-order chi connectivity index (χ0) is 11.6. The lowest BCUT2D eigenvalue weighted by Gasteiger charge is -2.28. The van der Waals surface area contributed by atoms with Crippen LogP contribution in [0.1, 0.15) is 20.8 Å². The second-order valence-electron chi connectivity index (χ2n) is 4.37. The highest BCUT2D eigenvalue weighted by Crippen LogP contribution is 2.18. The van der Waals surface area contributed by atoms with Crippen LogP contribution in [-0.4, -0.2) is 26.7 Å². The number of carbonyl (C=O) groups excluding carboxylic acids is 1. The molecule has 82 valence electrons. The molecule has 0 aliphatic heterocycles. The van der Waals surface area contributed by atoms with Crippen LogP contribution in [0, 0.1) is 0 Å². The van der Waals surface area contributed by atoms with E-state index in [1.54, 1.807) is 0 Å². The molecule has 4 nitrogen and oxygen atoms in total. The van der Waals surface area contributed by atoms with Crippen molar-refractivity contribution in [2.45, 2.75) is 26.3 Å². The molecule has 4 heteroatoms. The third-order valence-corrected chi connectivity index (χ3v) is 1.95. The van der Waals surface area contributed by atoms with Gasteiger partial charge in [0.25, 0.3) is 0 Å². The van der Waals surface area contributed by atoms with Gasteiger partial charge in [-0.15, -0.1) is 0 Å². The Morgan fingerprint density at radius 1 is 1.33 bits per heavy atom. The first-order chi connectivity index (χ1) is 6.80. The molecule has 0 amide bonds. The molecule has 1 aliphatic rings. The molecule has 0 atom stereocenters. The summed E-state index contributed by atoms with van der Waals surface area (Å²) in [7, 11) is 0. The van der Waals surface area contributed by atoms with Crippen molar-refractivity contribution in [3.05, 3.63) is 35.8 Å². The molecule has 15 heavy (non-hydrogen) atoms. The van der Waals surface area contributed by atoms with E-state index in [2.05, 4.69) is 0 Å². The summed E-state index contributed by atoms with van der Waals surface area (Å²) in [5, 5.41) is 20.1. The van der Waals surface area contributed by atoms with E-state index < -0.39 is 5.54 Å². The minimum absolute atomic E-state index is 0.134. The summed E-state index contributed by atoms with van der Waals surface area (Å²) in [6, 6.07) is 0. The first-order valence-electron chi connectivity index (χ1n) is 4.64. The van der Waals surface area contributed by atoms with Gasteiger partial charge in [-0.25, -0.2) is 0 Å². The predicted octanol–water partition coefficient (Wildman–Crippen LogP) is 1.94. The van der Waals surface area contributed by atoms with Crippen LogP contribution in [-0.2, 0) is 4.79 Å². The van der Waals surface area contributed by atoms with Gasteiger partial charge in [-0.1, -0.05) is 0 Å². The summed E-state index contributed by atoms with van der Waals surface area (Å²) in [5.41, 5.74) is -0.0465. The van der Waals surface area contributed by atoms with Gasteiger partial charge in [-0.05, 0) is 32.9 Å². The molecule has 0 heterocycles. The predicted molar refractivity (Wildman–Crippen MR) is 56.3 cm³/mol. The number of aliphatic hydroxyl groups excluding tert-OH is 1. The lowest BCUT2D eigenvalue weighted by atomic mass is 10.1. The Bertz CT molecular complexity index is 359. The highest BCUT2D eigenvalue weighted by molar-refractivity contribution is 6.01. The lowest BCUT2D eigenvalue weighted by Crippen LogP contribution is -2.34. The number of allylic oxidation sites excluding steroid dienone is 3. The first-order valence-corrected chi connectivity index (χ1v) is 4.64. The minimum Gasteiger partial charge on any atom is -0.507 e. The molecule has 0 aromatic heterocycles. The number of carbonyl (C=O) groups is 1. The summed E-state index contributed by atoms with van der Waals surface area (Å²) in [6.45, 7) is 5.47. The number of hydrogen-bond acceptors (Lipinski definition) is 4. The number of nitrogens with zero attached hydrogens (tertiary/aromatic N) is 1. The van der Waals surface area contributed by atoms with Crippen LogP contribution in [0.5, 0.6) is 0 Å². The van der Waals surface area contributed by atoms with Gasteiger partial charge in [0, 0.05) is 17.8 Å². The standard InChI is InChI=1S/C11H15NO3/c1-11(2,3)12(15)7-8-4-5-9(13)6-10(8)14/h4-7,14-15H,1-3H3/b8-7+. The molecule has 0 saturated heterocycles.